The van der Waals surface area contributed by atoms with Gasteiger partial charge in [0.1, 0.15) is 0 Å². The Labute approximate surface area is 87.0 Å². The van der Waals surface area contributed by atoms with Crippen molar-refractivity contribution in [2.75, 3.05) is 26.7 Å². The molecule has 0 bridgehead atoms. The average Bonchev–Trinajstić information content (AvgIpc) is 2.73. The second kappa shape index (κ2) is 3.21. The van der Waals surface area contributed by atoms with Gasteiger partial charge >= 0.3 is 0 Å². The van der Waals surface area contributed by atoms with E-state index in [0.717, 1.165) is 12.0 Å². The molecule has 2 atom stereocenters. The van der Waals surface area contributed by atoms with Crippen LogP contribution in [0, 0.1) is 11.3 Å². The van der Waals surface area contributed by atoms with E-state index in [1.807, 2.05) is 0 Å². The third-order valence-electron chi connectivity index (χ3n) is 4.74. The molecule has 2 unspecified atom stereocenters. The van der Waals surface area contributed by atoms with Crippen LogP contribution in [0.2, 0.25) is 0 Å². The highest BCUT2D eigenvalue weighted by Gasteiger charge is 2.50. The van der Waals surface area contributed by atoms with Gasteiger partial charge in [0.15, 0.2) is 0 Å². The molecule has 1 saturated carbocycles. The van der Waals surface area contributed by atoms with E-state index in [9.17, 15) is 0 Å². The lowest BCUT2D eigenvalue weighted by Crippen LogP contribution is -2.56. The van der Waals surface area contributed by atoms with Crippen molar-refractivity contribution in [3.05, 3.63) is 0 Å². The van der Waals surface area contributed by atoms with E-state index in [2.05, 4.69) is 17.3 Å². The molecule has 2 nitrogen and oxygen atoms in total. The van der Waals surface area contributed by atoms with Crippen LogP contribution in [0.5, 0.6) is 0 Å². The maximum atomic E-state index is 3.79. The zero-order valence-corrected chi connectivity index (χ0v) is 9.26. The summed E-state index contributed by atoms with van der Waals surface area (Å²) in [6, 6.07) is 0.862. The molecule has 14 heavy (non-hydrogen) atoms. The first-order valence-electron chi connectivity index (χ1n) is 6.22. The predicted octanol–water partition coefficient (Wildman–Crippen LogP) is 1.47. The first-order valence-corrected chi connectivity index (χ1v) is 6.22. The SMILES string of the molecule is CN1CC2CCNC2C2(CCCC2)C1. The molecule has 0 amide bonds. The van der Waals surface area contributed by atoms with Gasteiger partial charge in [-0.1, -0.05) is 12.8 Å². The fourth-order valence-corrected chi connectivity index (χ4v) is 4.32. The molecule has 2 aliphatic heterocycles. The number of fused-ring (bicyclic) bond motifs is 2. The van der Waals surface area contributed by atoms with E-state index in [-0.39, 0.29) is 0 Å². The number of nitrogens with zero attached hydrogens (tertiary/aromatic N) is 1. The first kappa shape index (κ1) is 9.17. The van der Waals surface area contributed by atoms with Crippen LogP contribution in [0.1, 0.15) is 32.1 Å². The van der Waals surface area contributed by atoms with E-state index in [1.54, 1.807) is 0 Å². The van der Waals surface area contributed by atoms with Crippen LogP contribution >= 0.6 is 0 Å². The van der Waals surface area contributed by atoms with Gasteiger partial charge in [-0.15, -0.1) is 0 Å². The Balaban J connectivity index is 1.86. The lowest BCUT2D eigenvalue weighted by Gasteiger charge is -2.47. The van der Waals surface area contributed by atoms with Crippen molar-refractivity contribution in [3.63, 3.8) is 0 Å². The molecule has 0 aromatic carbocycles. The fraction of sp³-hybridized carbons (Fsp3) is 1.00. The van der Waals surface area contributed by atoms with Gasteiger partial charge in [0.25, 0.3) is 0 Å². The summed E-state index contributed by atoms with van der Waals surface area (Å²) in [5.41, 5.74) is 0.661. The zero-order chi connectivity index (χ0) is 9.60. The van der Waals surface area contributed by atoms with Gasteiger partial charge < -0.3 is 10.2 Å². The van der Waals surface area contributed by atoms with E-state index < -0.39 is 0 Å². The molecule has 0 radical (unpaired) electrons. The minimum Gasteiger partial charge on any atom is -0.313 e. The standard InChI is InChI=1S/C12H22N2/c1-14-8-10-4-7-13-11(10)12(9-14)5-2-3-6-12/h10-11,13H,2-9H2,1H3. The molecule has 2 heteroatoms. The number of hydrogen-bond acceptors (Lipinski definition) is 2. The lowest BCUT2D eigenvalue weighted by molar-refractivity contribution is 0.0472. The van der Waals surface area contributed by atoms with Gasteiger partial charge in [-0.25, -0.2) is 0 Å². The van der Waals surface area contributed by atoms with Gasteiger partial charge in [0.2, 0.25) is 0 Å². The molecule has 1 spiro atoms. The Bertz CT molecular complexity index is 220. The van der Waals surface area contributed by atoms with E-state index >= 15 is 0 Å². The van der Waals surface area contributed by atoms with Gasteiger partial charge in [0, 0.05) is 19.1 Å². The van der Waals surface area contributed by atoms with Crippen molar-refractivity contribution in [2.45, 2.75) is 38.1 Å². The summed E-state index contributed by atoms with van der Waals surface area (Å²) < 4.78 is 0. The van der Waals surface area contributed by atoms with Crippen molar-refractivity contribution in [1.82, 2.24) is 10.2 Å². The van der Waals surface area contributed by atoms with E-state index in [1.165, 1.54) is 51.7 Å². The highest BCUT2D eigenvalue weighted by atomic mass is 15.2. The highest BCUT2D eigenvalue weighted by Crippen LogP contribution is 2.48. The maximum Gasteiger partial charge on any atom is 0.0177 e. The molecule has 3 fully saturated rings. The predicted molar refractivity (Wildman–Crippen MR) is 58.3 cm³/mol. The Morgan fingerprint density at radius 3 is 2.86 bits per heavy atom. The molecule has 80 valence electrons. The van der Waals surface area contributed by atoms with Crippen LogP contribution in [0.3, 0.4) is 0 Å². The molecule has 2 heterocycles. The second-order valence-corrected chi connectivity index (χ2v) is 5.75. The summed E-state index contributed by atoms with van der Waals surface area (Å²) in [6.07, 6.45) is 7.31. The quantitative estimate of drug-likeness (QED) is 0.628. The number of hydrogen-bond donors (Lipinski definition) is 1. The first-order chi connectivity index (χ1) is 6.80. The highest BCUT2D eigenvalue weighted by molar-refractivity contribution is 5.05. The summed E-state index contributed by atoms with van der Waals surface area (Å²) in [5.74, 6) is 0.951. The van der Waals surface area contributed by atoms with Crippen LogP contribution in [0.4, 0.5) is 0 Å². The summed E-state index contributed by atoms with van der Waals surface area (Å²) in [7, 11) is 2.31. The molecule has 3 aliphatic rings. The van der Waals surface area contributed by atoms with Gasteiger partial charge in [0.05, 0.1) is 0 Å². The van der Waals surface area contributed by atoms with Crippen LogP contribution in [-0.4, -0.2) is 37.6 Å². The van der Waals surface area contributed by atoms with Crippen LogP contribution in [-0.2, 0) is 0 Å². The number of piperidine rings is 1. The summed E-state index contributed by atoms with van der Waals surface area (Å²) in [5, 5.41) is 3.79. The van der Waals surface area contributed by atoms with E-state index in [4.69, 9.17) is 0 Å². The van der Waals surface area contributed by atoms with Crippen molar-refractivity contribution in [3.8, 4) is 0 Å². The topological polar surface area (TPSA) is 15.3 Å². The fourth-order valence-electron chi connectivity index (χ4n) is 4.32. The largest absolute Gasteiger partial charge is 0.313 e. The van der Waals surface area contributed by atoms with Crippen molar-refractivity contribution in [2.24, 2.45) is 11.3 Å². The van der Waals surface area contributed by atoms with Crippen LogP contribution < -0.4 is 5.32 Å². The molecule has 1 N–H and O–H groups in total. The third kappa shape index (κ3) is 1.24. The maximum absolute atomic E-state index is 3.79. The zero-order valence-electron chi connectivity index (χ0n) is 9.26. The molecular weight excluding hydrogens is 172 g/mol. The molecule has 0 aromatic rings. The van der Waals surface area contributed by atoms with Gasteiger partial charge in [-0.3, -0.25) is 0 Å². The average molecular weight is 194 g/mol. The van der Waals surface area contributed by atoms with Crippen LogP contribution in [0.25, 0.3) is 0 Å². The van der Waals surface area contributed by atoms with E-state index in [0.29, 0.717) is 5.41 Å². The Morgan fingerprint density at radius 2 is 2.07 bits per heavy atom. The molecule has 1 aliphatic carbocycles. The molecular formula is C12H22N2. The summed E-state index contributed by atoms with van der Waals surface area (Å²) in [6.45, 7) is 3.95. The summed E-state index contributed by atoms with van der Waals surface area (Å²) >= 11 is 0. The normalized spacial score (nSPS) is 41.8. The van der Waals surface area contributed by atoms with Crippen molar-refractivity contribution >= 4 is 0 Å². The summed E-state index contributed by atoms with van der Waals surface area (Å²) in [4.78, 5) is 2.58. The number of nitrogens with one attached hydrogen (secondary N) is 1. The van der Waals surface area contributed by atoms with Gasteiger partial charge in [-0.05, 0) is 44.2 Å². The lowest BCUT2D eigenvalue weighted by atomic mass is 9.70. The molecule has 3 rings (SSSR count). The molecule has 2 saturated heterocycles. The third-order valence-corrected chi connectivity index (χ3v) is 4.74. The number of likely N-dealkylation sites (tertiary alicyclic amines) is 1. The van der Waals surface area contributed by atoms with Crippen LogP contribution in [0.15, 0.2) is 0 Å². The number of rotatable bonds is 0. The monoisotopic (exact) mass is 194 g/mol. The van der Waals surface area contributed by atoms with Gasteiger partial charge in [-0.2, -0.15) is 0 Å². The minimum atomic E-state index is 0.661. The van der Waals surface area contributed by atoms with Crippen molar-refractivity contribution < 1.29 is 0 Å². The minimum absolute atomic E-state index is 0.661. The Morgan fingerprint density at radius 1 is 1.29 bits per heavy atom. The second-order valence-electron chi connectivity index (χ2n) is 5.75. The molecule has 0 aromatic heterocycles. The smallest absolute Gasteiger partial charge is 0.0177 e. The Hall–Kier alpha value is -0.0800. The Kier molecular flexibility index (Phi) is 2.10. The van der Waals surface area contributed by atoms with Crippen molar-refractivity contribution in [1.29, 1.82) is 0 Å².